The number of hydrogen-bond donors (Lipinski definition) is 0. The average molecular weight is 323 g/mol. The molecule has 9 heteroatoms. The molecule has 0 amide bonds. The predicted octanol–water partition coefficient (Wildman–Crippen LogP) is 2.43. The van der Waals surface area contributed by atoms with Gasteiger partial charge in [-0.3, -0.25) is 0 Å². The van der Waals surface area contributed by atoms with Gasteiger partial charge in [0.1, 0.15) is 18.4 Å². The van der Waals surface area contributed by atoms with Crippen molar-refractivity contribution < 1.29 is 4.74 Å². The van der Waals surface area contributed by atoms with Crippen molar-refractivity contribution in [3.05, 3.63) is 41.2 Å². The van der Waals surface area contributed by atoms with Gasteiger partial charge in [0.05, 0.1) is 12.7 Å². The number of methoxy groups -OCH3 is 1. The van der Waals surface area contributed by atoms with Crippen molar-refractivity contribution in [2.24, 2.45) is 0 Å². The molecular weight excluding hydrogens is 315 g/mol. The third-order valence-electron chi connectivity index (χ3n) is 2.62. The van der Waals surface area contributed by atoms with Crippen LogP contribution in [0.5, 0.6) is 5.75 Å². The Balaban J connectivity index is 2.17. The fourth-order valence-corrected chi connectivity index (χ4v) is 2.06. The first-order chi connectivity index (χ1) is 10.2. The van der Waals surface area contributed by atoms with Gasteiger partial charge in [0.2, 0.25) is 5.28 Å². The van der Waals surface area contributed by atoms with Crippen LogP contribution in [-0.4, -0.2) is 36.8 Å². The molecule has 1 aromatic carbocycles. The lowest BCUT2D eigenvalue weighted by Crippen LogP contribution is -2.05. The summed E-state index contributed by atoms with van der Waals surface area (Å²) < 4.78 is 6.67. The molecule has 0 aliphatic heterocycles. The summed E-state index contributed by atoms with van der Waals surface area (Å²) in [5, 5.41) is 4.53. The average Bonchev–Trinajstić information content (AvgIpc) is 3.01. The van der Waals surface area contributed by atoms with Crippen molar-refractivity contribution in [3.8, 4) is 23.1 Å². The second-order valence-electron chi connectivity index (χ2n) is 3.91. The second-order valence-corrected chi connectivity index (χ2v) is 4.69. The van der Waals surface area contributed by atoms with Crippen LogP contribution < -0.4 is 4.74 Å². The second kappa shape index (κ2) is 5.63. The van der Waals surface area contributed by atoms with Crippen LogP contribution in [0.3, 0.4) is 0 Å². The Morgan fingerprint density at radius 1 is 1.14 bits per heavy atom. The molecule has 0 aliphatic carbocycles. The van der Waals surface area contributed by atoms with Crippen LogP contribution in [0, 0.1) is 0 Å². The largest absolute Gasteiger partial charge is 0.496 e. The molecule has 21 heavy (non-hydrogen) atoms. The minimum Gasteiger partial charge on any atom is -0.496 e. The van der Waals surface area contributed by atoms with Gasteiger partial charge in [-0.25, -0.2) is 4.98 Å². The van der Waals surface area contributed by atoms with E-state index in [1.807, 2.05) is 0 Å². The van der Waals surface area contributed by atoms with Crippen LogP contribution in [0.4, 0.5) is 0 Å². The molecule has 0 saturated heterocycles. The van der Waals surface area contributed by atoms with Crippen molar-refractivity contribution in [3.63, 3.8) is 0 Å². The summed E-state index contributed by atoms with van der Waals surface area (Å²) in [6, 6.07) is 5.13. The van der Waals surface area contributed by atoms with Gasteiger partial charge in [0.15, 0.2) is 5.82 Å². The van der Waals surface area contributed by atoms with Crippen LogP contribution in [0.15, 0.2) is 30.9 Å². The number of rotatable bonds is 3. The van der Waals surface area contributed by atoms with E-state index in [0.717, 1.165) is 0 Å². The normalized spacial score (nSPS) is 10.6. The van der Waals surface area contributed by atoms with E-state index in [0.29, 0.717) is 22.2 Å². The standard InChI is InChI=1S/C12H8Cl2N6O/c1-21-9-3-2-7(13)4-8(9)10-17-11(14)19-12(18-10)20-6-15-5-16-20/h2-6H,1H3. The molecule has 0 aliphatic rings. The van der Waals surface area contributed by atoms with Gasteiger partial charge in [-0.2, -0.15) is 24.7 Å². The lowest BCUT2D eigenvalue weighted by atomic mass is 10.2. The first-order valence-corrected chi connectivity index (χ1v) is 6.53. The third kappa shape index (κ3) is 2.79. The first-order valence-electron chi connectivity index (χ1n) is 5.78. The van der Waals surface area contributed by atoms with Gasteiger partial charge >= 0.3 is 0 Å². The van der Waals surface area contributed by atoms with Crippen LogP contribution in [0.1, 0.15) is 0 Å². The lowest BCUT2D eigenvalue weighted by molar-refractivity contribution is 0.416. The number of halogens is 2. The number of benzene rings is 1. The molecule has 0 radical (unpaired) electrons. The molecule has 0 unspecified atom stereocenters. The van der Waals surface area contributed by atoms with E-state index in [1.165, 1.54) is 17.3 Å². The molecule has 3 rings (SSSR count). The highest BCUT2D eigenvalue weighted by Crippen LogP contribution is 2.30. The highest BCUT2D eigenvalue weighted by molar-refractivity contribution is 6.31. The van der Waals surface area contributed by atoms with Crippen LogP contribution >= 0.6 is 23.2 Å². The Morgan fingerprint density at radius 3 is 2.71 bits per heavy atom. The molecule has 0 atom stereocenters. The fourth-order valence-electron chi connectivity index (χ4n) is 1.73. The Bertz CT molecular complexity index is 777. The van der Waals surface area contributed by atoms with Gasteiger partial charge in [-0.1, -0.05) is 11.6 Å². The molecular formula is C12H8Cl2N6O. The van der Waals surface area contributed by atoms with Gasteiger partial charge in [0.25, 0.3) is 5.95 Å². The van der Waals surface area contributed by atoms with Crippen LogP contribution in [0.25, 0.3) is 17.3 Å². The smallest absolute Gasteiger partial charge is 0.256 e. The highest BCUT2D eigenvalue weighted by Gasteiger charge is 2.14. The maximum absolute atomic E-state index is 6.02. The quantitative estimate of drug-likeness (QED) is 0.736. The molecule has 2 heterocycles. The summed E-state index contributed by atoms with van der Waals surface area (Å²) >= 11 is 12.0. The monoisotopic (exact) mass is 322 g/mol. The van der Waals surface area contributed by atoms with E-state index in [1.54, 1.807) is 25.3 Å². The van der Waals surface area contributed by atoms with Gasteiger partial charge < -0.3 is 4.74 Å². The van der Waals surface area contributed by atoms with Crippen LogP contribution in [0.2, 0.25) is 10.3 Å². The number of hydrogen-bond acceptors (Lipinski definition) is 6. The molecule has 2 aromatic heterocycles. The van der Waals surface area contributed by atoms with E-state index < -0.39 is 0 Å². The summed E-state index contributed by atoms with van der Waals surface area (Å²) in [6.07, 6.45) is 2.84. The summed E-state index contributed by atoms with van der Waals surface area (Å²) in [5.41, 5.74) is 0.607. The SMILES string of the molecule is COc1ccc(Cl)cc1-c1nc(Cl)nc(-n2cncn2)n1. The zero-order valence-electron chi connectivity index (χ0n) is 10.7. The summed E-state index contributed by atoms with van der Waals surface area (Å²) in [4.78, 5) is 16.3. The summed E-state index contributed by atoms with van der Waals surface area (Å²) in [6.45, 7) is 0. The van der Waals surface area contributed by atoms with Gasteiger partial charge in [0, 0.05) is 5.02 Å². The van der Waals surface area contributed by atoms with Crippen molar-refractivity contribution in [1.29, 1.82) is 0 Å². The van der Waals surface area contributed by atoms with Crippen molar-refractivity contribution in [2.75, 3.05) is 7.11 Å². The molecule has 106 valence electrons. The van der Waals surface area contributed by atoms with E-state index in [9.17, 15) is 0 Å². The van der Waals surface area contributed by atoms with Crippen LogP contribution in [-0.2, 0) is 0 Å². The maximum atomic E-state index is 6.02. The molecule has 0 saturated carbocycles. The minimum atomic E-state index is 0.0347. The summed E-state index contributed by atoms with van der Waals surface area (Å²) in [7, 11) is 1.55. The van der Waals surface area contributed by atoms with Crippen molar-refractivity contribution in [1.82, 2.24) is 29.7 Å². The van der Waals surface area contributed by atoms with E-state index in [-0.39, 0.29) is 11.2 Å². The zero-order valence-corrected chi connectivity index (χ0v) is 12.2. The number of ether oxygens (including phenoxy) is 1. The Morgan fingerprint density at radius 2 is 2.00 bits per heavy atom. The van der Waals surface area contributed by atoms with Gasteiger partial charge in [-0.05, 0) is 29.8 Å². The molecule has 7 nitrogen and oxygen atoms in total. The molecule has 3 aromatic rings. The summed E-state index contributed by atoms with van der Waals surface area (Å²) in [5.74, 6) is 1.16. The van der Waals surface area contributed by atoms with Crippen molar-refractivity contribution >= 4 is 23.2 Å². The molecule has 0 fully saturated rings. The van der Waals surface area contributed by atoms with E-state index >= 15 is 0 Å². The van der Waals surface area contributed by atoms with Crippen molar-refractivity contribution in [2.45, 2.75) is 0 Å². The lowest BCUT2D eigenvalue weighted by Gasteiger charge is -2.08. The number of nitrogens with zero attached hydrogens (tertiary/aromatic N) is 6. The highest BCUT2D eigenvalue weighted by atomic mass is 35.5. The van der Waals surface area contributed by atoms with E-state index in [2.05, 4.69) is 25.0 Å². The zero-order chi connectivity index (χ0) is 14.8. The van der Waals surface area contributed by atoms with Gasteiger partial charge in [-0.15, -0.1) is 0 Å². The first kappa shape index (κ1) is 13.7. The Hall–Kier alpha value is -2.25. The molecule has 0 spiro atoms. The third-order valence-corrected chi connectivity index (χ3v) is 3.03. The Labute approximate surface area is 129 Å². The minimum absolute atomic E-state index is 0.0347. The number of aromatic nitrogens is 6. The fraction of sp³-hybridized carbons (Fsp3) is 0.0833. The maximum Gasteiger partial charge on any atom is 0.256 e. The topological polar surface area (TPSA) is 78.6 Å². The predicted molar refractivity (Wildman–Crippen MR) is 76.8 cm³/mol. The molecule has 0 bridgehead atoms. The Kier molecular flexibility index (Phi) is 3.68. The molecule has 0 N–H and O–H groups in total. The van der Waals surface area contributed by atoms with E-state index in [4.69, 9.17) is 27.9 Å².